The number of rotatable bonds is 6. The van der Waals surface area contributed by atoms with Crippen molar-refractivity contribution in [2.75, 3.05) is 53.1 Å². The van der Waals surface area contributed by atoms with Crippen molar-refractivity contribution in [1.29, 1.82) is 0 Å². The first kappa shape index (κ1) is 22.9. The molecule has 0 amide bonds. The Balaban J connectivity index is 1.85. The molecule has 2 fully saturated rings. The minimum Gasteiger partial charge on any atom is -0.384 e. The maximum atomic E-state index is 13.3. The van der Waals surface area contributed by atoms with E-state index in [9.17, 15) is 13.2 Å². The van der Waals surface area contributed by atoms with E-state index >= 15 is 0 Å². The summed E-state index contributed by atoms with van der Waals surface area (Å²) in [6, 6.07) is 5.72. The van der Waals surface area contributed by atoms with E-state index in [1.165, 1.54) is 12.1 Å². The van der Waals surface area contributed by atoms with Crippen LogP contribution in [0.4, 0.5) is 13.2 Å². The number of guanidine groups is 1. The first-order valence-electron chi connectivity index (χ1n) is 10.7. The van der Waals surface area contributed by atoms with Gasteiger partial charge in [0, 0.05) is 51.3 Å². The number of benzene rings is 1. The van der Waals surface area contributed by atoms with Gasteiger partial charge < -0.3 is 19.7 Å². The Bertz CT molecular complexity index is 718. The molecule has 0 bridgehead atoms. The zero-order chi connectivity index (χ0) is 21.6. The molecule has 2 aliphatic heterocycles. The largest absolute Gasteiger partial charge is 0.416 e. The summed E-state index contributed by atoms with van der Waals surface area (Å²) in [6.45, 7) is 6.76. The van der Waals surface area contributed by atoms with Crippen molar-refractivity contribution < 1.29 is 22.6 Å². The summed E-state index contributed by atoms with van der Waals surface area (Å²) in [5.74, 6) is 1.30. The van der Waals surface area contributed by atoms with Gasteiger partial charge in [-0.15, -0.1) is 0 Å². The molecule has 30 heavy (non-hydrogen) atoms. The Morgan fingerprint density at radius 2 is 2.10 bits per heavy atom. The van der Waals surface area contributed by atoms with E-state index in [2.05, 4.69) is 10.2 Å². The van der Waals surface area contributed by atoms with Gasteiger partial charge in [0.25, 0.3) is 0 Å². The molecule has 5 nitrogen and oxygen atoms in total. The number of nitrogens with zero attached hydrogens (tertiary/aromatic N) is 2. The number of alkyl halides is 3. The molecule has 8 heteroatoms. The predicted octanol–water partition coefficient (Wildman–Crippen LogP) is 3.69. The molecular weight excluding hydrogens is 395 g/mol. The highest BCUT2D eigenvalue weighted by molar-refractivity contribution is 5.80. The fourth-order valence-corrected chi connectivity index (χ4v) is 4.37. The molecule has 0 aromatic heterocycles. The summed E-state index contributed by atoms with van der Waals surface area (Å²) in [7, 11) is 1.71. The molecule has 0 radical (unpaired) electrons. The summed E-state index contributed by atoms with van der Waals surface area (Å²) < 4.78 is 50.7. The molecule has 0 saturated carbocycles. The lowest BCUT2D eigenvalue weighted by Crippen LogP contribution is -2.43. The second-order valence-electron chi connectivity index (χ2n) is 8.20. The molecule has 1 unspecified atom stereocenters. The van der Waals surface area contributed by atoms with Crippen LogP contribution in [0.15, 0.2) is 29.3 Å². The zero-order valence-corrected chi connectivity index (χ0v) is 17.8. The van der Waals surface area contributed by atoms with Crippen molar-refractivity contribution >= 4 is 5.96 Å². The van der Waals surface area contributed by atoms with E-state index in [0.717, 1.165) is 44.7 Å². The van der Waals surface area contributed by atoms with Crippen LogP contribution in [0.2, 0.25) is 0 Å². The highest BCUT2D eigenvalue weighted by atomic mass is 19.4. The Kier molecular flexibility index (Phi) is 7.63. The van der Waals surface area contributed by atoms with Crippen LogP contribution < -0.4 is 5.32 Å². The van der Waals surface area contributed by atoms with Gasteiger partial charge in [0.15, 0.2) is 5.96 Å². The fourth-order valence-electron chi connectivity index (χ4n) is 4.37. The smallest absolute Gasteiger partial charge is 0.384 e. The third kappa shape index (κ3) is 5.46. The molecule has 0 aliphatic carbocycles. The number of likely N-dealkylation sites (tertiary alicyclic amines) is 1. The highest BCUT2D eigenvalue weighted by Gasteiger charge is 2.38. The Labute approximate surface area is 176 Å². The maximum absolute atomic E-state index is 13.3. The van der Waals surface area contributed by atoms with Crippen molar-refractivity contribution in [2.24, 2.45) is 10.9 Å². The number of hydrogen-bond acceptors (Lipinski definition) is 3. The van der Waals surface area contributed by atoms with Crippen LogP contribution in [-0.4, -0.2) is 64.0 Å². The van der Waals surface area contributed by atoms with Crippen molar-refractivity contribution in [2.45, 2.75) is 37.8 Å². The van der Waals surface area contributed by atoms with Crippen molar-refractivity contribution in [3.05, 3.63) is 35.4 Å². The number of hydrogen-bond donors (Lipinski definition) is 1. The van der Waals surface area contributed by atoms with Crippen molar-refractivity contribution in [3.8, 4) is 0 Å². The highest BCUT2D eigenvalue weighted by Crippen LogP contribution is 2.38. The van der Waals surface area contributed by atoms with Crippen LogP contribution in [0.1, 0.15) is 37.3 Å². The van der Waals surface area contributed by atoms with Gasteiger partial charge in [0.1, 0.15) is 0 Å². The minimum absolute atomic E-state index is 0.436. The van der Waals surface area contributed by atoms with Gasteiger partial charge >= 0.3 is 6.18 Å². The fraction of sp³-hybridized carbons (Fsp3) is 0.682. The molecular formula is C22H32F3N3O2. The first-order chi connectivity index (χ1) is 14.4. The van der Waals surface area contributed by atoms with E-state index < -0.39 is 17.2 Å². The third-order valence-electron chi connectivity index (χ3n) is 6.11. The molecule has 2 heterocycles. The van der Waals surface area contributed by atoms with Crippen LogP contribution in [0.25, 0.3) is 0 Å². The lowest BCUT2D eigenvalue weighted by molar-refractivity contribution is -0.137. The molecule has 1 aromatic carbocycles. The Morgan fingerprint density at radius 1 is 1.33 bits per heavy atom. The minimum atomic E-state index is -4.35. The third-order valence-corrected chi connectivity index (χ3v) is 6.11. The van der Waals surface area contributed by atoms with E-state index in [1.54, 1.807) is 13.2 Å². The number of nitrogens with one attached hydrogen (secondary N) is 1. The van der Waals surface area contributed by atoms with E-state index in [1.807, 2.05) is 6.92 Å². The van der Waals surface area contributed by atoms with E-state index in [0.29, 0.717) is 44.1 Å². The number of halogens is 3. The molecule has 2 aliphatic rings. The summed E-state index contributed by atoms with van der Waals surface area (Å²) in [5.41, 5.74) is -0.367. The average molecular weight is 428 g/mol. The second kappa shape index (κ2) is 10.0. The van der Waals surface area contributed by atoms with Gasteiger partial charge in [-0.05, 0) is 37.8 Å². The molecule has 1 aromatic rings. The molecule has 3 rings (SSSR count). The van der Waals surface area contributed by atoms with Crippen LogP contribution in [-0.2, 0) is 21.1 Å². The quantitative estimate of drug-likeness (QED) is 0.556. The average Bonchev–Trinajstić information content (AvgIpc) is 3.20. The maximum Gasteiger partial charge on any atom is 0.416 e. The lowest BCUT2D eigenvalue weighted by atomic mass is 9.74. The summed E-state index contributed by atoms with van der Waals surface area (Å²) in [6.07, 6.45) is -2.00. The molecule has 0 spiro atoms. The van der Waals surface area contributed by atoms with Crippen LogP contribution in [0.3, 0.4) is 0 Å². The molecule has 1 atom stereocenters. The Morgan fingerprint density at radius 3 is 2.77 bits per heavy atom. The van der Waals surface area contributed by atoms with Gasteiger partial charge in [-0.25, -0.2) is 0 Å². The second-order valence-corrected chi connectivity index (χ2v) is 8.20. The zero-order valence-electron chi connectivity index (χ0n) is 17.8. The van der Waals surface area contributed by atoms with Crippen molar-refractivity contribution in [3.63, 3.8) is 0 Å². The van der Waals surface area contributed by atoms with Gasteiger partial charge in [-0.1, -0.05) is 18.2 Å². The summed E-state index contributed by atoms with van der Waals surface area (Å²) >= 11 is 0. The topological polar surface area (TPSA) is 46.1 Å². The predicted molar refractivity (Wildman–Crippen MR) is 111 cm³/mol. The van der Waals surface area contributed by atoms with Gasteiger partial charge in [-0.3, -0.25) is 4.99 Å². The SMILES string of the molecule is CCNC(=NCC1(c2cccc(C(F)(F)F)c2)CCOCC1)N1CCC(COC)C1. The molecule has 1 N–H and O–H groups in total. The van der Waals surface area contributed by atoms with Gasteiger partial charge in [0.05, 0.1) is 18.7 Å². The normalized spacial score (nSPS) is 22.4. The summed E-state index contributed by atoms with van der Waals surface area (Å²) in [5, 5.41) is 3.35. The molecule has 168 valence electrons. The monoisotopic (exact) mass is 427 g/mol. The van der Waals surface area contributed by atoms with Crippen LogP contribution >= 0.6 is 0 Å². The summed E-state index contributed by atoms with van der Waals surface area (Å²) in [4.78, 5) is 7.14. The first-order valence-corrected chi connectivity index (χ1v) is 10.7. The standard InChI is InChI=1S/C22H32F3N3O2/c1-3-26-20(28-10-7-17(14-28)15-29-2)27-16-21(8-11-30-12-9-21)18-5-4-6-19(13-18)22(23,24)25/h4-6,13,17H,3,7-12,14-16H2,1-2H3,(H,26,27). The number of aliphatic imine (C=N–C) groups is 1. The van der Waals surface area contributed by atoms with Gasteiger partial charge in [0.2, 0.25) is 0 Å². The van der Waals surface area contributed by atoms with Gasteiger partial charge in [-0.2, -0.15) is 13.2 Å². The van der Waals surface area contributed by atoms with E-state index in [4.69, 9.17) is 14.5 Å². The van der Waals surface area contributed by atoms with Crippen LogP contribution in [0.5, 0.6) is 0 Å². The van der Waals surface area contributed by atoms with Crippen LogP contribution in [0, 0.1) is 5.92 Å². The lowest BCUT2D eigenvalue weighted by Gasteiger charge is -2.37. The number of ether oxygens (including phenoxy) is 2. The Hall–Kier alpha value is -1.80. The number of methoxy groups -OCH3 is 1. The molecule has 2 saturated heterocycles. The van der Waals surface area contributed by atoms with E-state index in [-0.39, 0.29) is 0 Å². The van der Waals surface area contributed by atoms with Crippen molar-refractivity contribution in [1.82, 2.24) is 10.2 Å².